The number of thiophene rings is 1. The largest absolute Gasteiger partial charge is 0.504 e. The number of rotatable bonds is 7. The minimum absolute atomic E-state index is 0.00975. The van der Waals surface area contributed by atoms with Crippen LogP contribution in [0.4, 0.5) is 11.4 Å². The number of halogens is 1. The Morgan fingerprint density at radius 3 is 2.56 bits per heavy atom. The van der Waals surface area contributed by atoms with Crippen molar-refractivity contribution in [1.29, 1.82) is 0 Å². The lowest BCUT2D eigenvalue weighted by molar-refractivity contribution is -0.384. The number of nitro groups is 1. The van der Waals surface area contributed by atoms with E-state index in [0.29, 0.717) is 26.9 Å². The summed E-state index contributed by atoms with van der Waals surface area (Å²) >= 11 is 7.38. The summed E-state index contributed by atoms with van der Waals surface area (Å²) in [6, 6.07) is 15.0. The number of hydrazone groups is 1. The number of carbonyl (C=O) groups excluding carboxylic acids is 2. The van der Waals surface area contributed by atoms with Gasteiger partial charge in [-0.1, -0.05) is 11.6 Å². The van der Waals surface area contributed by atoms with Gasteiger partial charge < -0.3 is 15.2 Å². The molecule has 10 nitrogen and oxygen atoms in total. The van der Waals surface area contributed by atoms with E-state index in [1.54, 1.807) is 24.3 Å². The average molecular weight is 525 g/mol. The third-order valence-electron chi connectivity index (χ3n) is 5.02. The average Bonchev–Trinajstić information content (AvgIpc) is 3.21. The molecule has 0 spiro atoms. The fourth-order valence-electron chi connectivity index (χ4n) is 3.21. The number of non-ortho nitro benzene ring substituents is 1. The lowest BCUT2D eigenvalue weighted by atomic mass is 10.2. The molecule has 12 heteroatoms. The molecule has 3 N–H and O–H groups in total. The van der Waals surface area contributed by atoms with Gasteiger partial charge in [0.25, 0.3) is 17.5 Å². The second-order valence-corrected chi connectivity index (χ2v) is 8.77. The monoisotopic (exact) mass is 524 g/mol. The summed E-state index contributed by atoms with van der Waals surface area (Å²) in [6.45, 7) is 0. The van der Waals surface area contributed by atoms with Crippen LogP contribution in [0.15, 0.2) is 65.8 Å². The molecule has 0 radical (unpaired) electrons. The number of anilines is 1. The molecule has 0 fully saturated rings. The third kappa shape index (κ3) is 5.27. The molecule has 0 aliphatic rings. The van der Waals surface area contributed by atoms with Crippen molar-refractivity contribution in [3.05, 3.63) is 91.8 Å². The van der Waals surface area contributed by atoms with Crippen molar-refractivity contribution in [1.82, 2.24) is 5.43 Å². The minimum atomic E-state index is -0.514. The number of aromatic hydroxyl groups is 1. The molecule has 1 aromatic heterocycles. The van der Waals surface area contributed by atoms with E-state index >= 15 is 0 Å². The standard InChI is InChI=1S/C24H17ClN4O6S/c1-35-19-10-13(2-9-18(19)30)12-26-28-23(31)14-3-5-15(6-4-14)27-24(32)22-21(25)17-8-7-16(29(33)34)11-20(17)36-22/h2-12,30H,1H3,(H,27,32)(H,28,31)/b26-12-. The lowest BCUT2D eigenvalue weighted by Gasteiger charge is -2.06. The van der Waals surface area contributed by atoms with Gasteiger partial charge >= 0.3 is 0 Å². The number of phenolic OH excluding ortho intramolecular Hbond substituents is 1. The van der Waals surface area contributed by atoms with Crippen LogP contribution in [0, 0.1) is 10.1 Å². The highest BCUT2D eigenvalue weighted by atomic mass is 35.5. The highest BCUT2D eigenvalue weighted by molar-refractivity contribution is 7.21. The zero-order valence-electron chi connectivity index (χ0n) is 18.5. The van der Waals surface area contributed by atoms with E-state index in [4.69, 9.17) is 16.3 Å². The zero-order chi connectivity index (χ0) is 25.8. The molecule has 182 valence electrons. The summed E-state index contributed by atoms with van der Waals surface area (Å²) in [6.07, 6.45) is 1.40. The normalized spacial score (nSPS) is 10.9. The second kappa shape index (κ2) is 10.4. The summed E-state index contributed by atoms with van der Waals surface area (Å²) in [7, 11) is 1.43. The van der Waals surface area contributed by atoms with Gasteiger partial charge in [0.1, 0.15) is 4.88 Å². The van der Waals surface area contributed by atoms with Crippen LogP contribution in [0.25, 0.3) is 10.1 Å². The van der Waals surface area contributed by atoms with E-state index < -0.39 is 16.7 Å². The van der Waals surface area contributed by atoms with Gasteiger partial charge in [0.05, 0.1) is 23.3 Å². The third-order valence-corrected chi connectivity index (χ3v) is 6.67. The Morgan fingerprint density at radius 2 is 1.86 bits per heavy atom. The molecule has 0 aliphatic heterocycles. The van der Waals surface area contributed by atoms with Crippen molar-refractivity contribution in [3.63, 3.8) is 0 Å². The van der Waals surface area contributed by atoms with Crippen molar-refractivity contribution >= 4 is 62.4 Å². The van der Waals surface area contributed by atoms with Gasteiger partial charge in [-0.25, -0.2) is 5.43 Å². The summed E-state index contributed by atoms with van der Waals surface area (Å²) in [4.78, 5) is 35.8. The number of hydrogen-bond donors (Lipinski definition) is 3. The van der Waals surface area contributed by atoms with Gasteiger partial charge in [0.2, 0.25) is 0 Å². The lowest BCUT2D eigenvalue weighted by Crippen LogP contribution is -2.17. The maximum absolute atomic E-state index is 12.7. The predicted octanol–water partition coefficient (Wildman–Crippen LogP) is 5.19. The van der Waals surface area contributed by atoms with Crippen LogP contribution in [0.3, 0.4) is 0 Å². The van der Waals surface area contributed by atoms with Crippen molar-refractivity contribution in [2.24, 2.45) is 5.10 Å². The predicted molar refractivity (Wildman–Crippen MR) is 138 cm³/mol. The van der Waals surface area contributed by atoms with E-state index in [2.05, 4.69) is 15.8 Å². The molecular formula is C24H17ClN4O6S. The Bertz CT molecular complexity index is 1520. The number of nitrogens with zero attached hydrogens (tertiary/aromatic N) is 2. The van der Waals surface area contributed by atoms with E-state index in [0.717, 1.165) is 11.3 Å². The van der Waals surface area contributed by atoms with Crippen molar-refractivity contribution in [2.45, 2.75) is 0 Å². The number of hydrogen-bond acceptors (Lipinski definition) is 8. The second-order valence-electron chi connectivity index (χ2n) is 7.34. The maximum Gasteiger partial charge on any atom is 0.271 e. The molecule has 4 rings (SSSR count). The Balaban J connectivity index is 1.40. The fourth-order valence-corrected chi connectivity index (χ4v) is 4.66. The first-order chi connectivity index (χ1) is 17.3. The van der Waals surface area contributed by atoms with E-state index in [9.17, 15) is 24.8 Å². The summed E-state index contributed by atoms with van der Waals surface area (Å²) in [5.74, 6) is -0.676. The van der Waals surface area contributed by atoms with Crippen molar-refractivity contribution in [3.8, 4) is 11.5 Å². The molecule has 0 saturated heterocycles. The number of nitrogens with one attached hydrogen (secondary N) is 2. The zero-order valence-corrected chi connectivity index (χ0v) is 20.1. The fraction of sp³-hybridized carbons (Fsp3) is 0.0417. The number of nitro benzene ring substituents is 1. The van der Waals surface area contributed by atoms with Gasteiger partial charge in [-0.3, -0.25) is 19.7 Å². The van der Waals surface area contributed by atoms with E-state index in [-0.39, 0.29) is 27.1 Å². The number of carbonyl (C=O) groups is 2. The molecule has 4 aromatic rings. The van der Waals surface area contributed by atoms with Gasteiger partial charge in [0, 0.05) is 33.5 Å². The summed E-state index contributed by atoms with van der Waals surface area (Å²) in [5.41, 5.74) is 3.65. The van der Waals surface area contributed by atoms with Crippen LogP contribution in [0.1, 0.15) is 25.6 Å². The Morgan fingerprint density at radius 1 is 1.11 bits per heavy atom. The molecule has 1 heterocycles. The first kappa shape index (κ1) is 24.6. The van der Waals surface area contributed by atoms with Gasteiger partial charge in [-0.2, -0.15) is 5.10 Å². The molecule has 0 unspecified atom stereocenters. The van der Waals surface area contributed by atoms with Gasteiger partial charge in [-0.15, -0.1) is 11.3 Å². The van der Waals surface area contributed by atoms with Crippen LogP contribution in [0.5, 0.6) is 11.5 Å². The number of phenols is 1. The van der Waals surface area contributed by atoms with Gasteiger partial charge in [0.15, 0.2) is 11.5 Å². The topological polar surface area (TPSA) is 143 Å². The van der Waals surface area contributed by atoms with E-state index in [1.165, 1.54) is 49.7 Å². The number of methoxy groups -OCH3 is 1. The minimum Gasteiger partial charge on any atom is -0.504 e. The number of benzene rings is 3. The molecule has 36 heavy (non-hydrogen) atoms. The van der Waals surface area contributed by atoms with Crippen molar-refractivity contribution < 1.29 is 24.4 Å². The summed E-state index contributed by atoms with van der Waals surface area (Å²) < 4.78 is 5.55. The van der Waals surface area contributed by atoms with Gasteiger partial charge in [-0.05, 0) is 54.1 Å². The van der Waals surface area contributed by atoms with Crippen LogP contribution >= 0.6 is 22.9 Å². The SMILES string of the molecule is COc1cc(/C=N\NC(=O)c2ccc(NC(=O)c3sc4cc([N+](=O)[O-])ccc4c3Cl)cc2)ccc1O. The molecule has 0 saturated carbocycles. The number of ether oxygens (including phenoxy) is 1. The quantitative estimate of drug-likeness (QED) is 0.172. The maximum atomic E-state index is 12.7. The highest BCUT2D eigenvalue weighted by Crippen LogP contribution is 2.37. The van der Waals surface area contributed by atoms with E-state index in [1.807, 2.05) is 0 Å². The van der Waals surface area contributed by atoms with Crippen LogP contribution in [-0.2, 0) is 0 Å². The molecule has 3 aromatic carbocycles. The van der Waals surface area contributed by atoms with Crippen molar-refractivity contribution in [2.75, 3.05) is 12.4 Å². The Labute approximate surface area is 212 Å². The van der Waals surface area contributed by atoms with Crippen LogP contribution in [-0.4, -0.2) is 35.2 Å². The number of amides is 2. The first-order valence-corrected chi connectivity index (χ1v) is 11.4. The highest BCUT2D eigenvalue weighted by Gasteiger charge is 2.19. The Kier molecular flexibility index (Phi) is 7.13. The molecular weight excluding hydrogens is 508 g/mol. The molecule has 0 atom stereocenters. The smallest absolute Gasteiger partial charge is 0.271 e. The molecule has 2 amide bonds. The number of fused-ring (bicyclic) bond motifs is 1. The summed E-state index contributed by atoms with van der Waals surface area (Å²) in [5, 5.41) is 28.0. The van der Waals surface area contributed by atoms with Crippen LogP contribution < -0.4 is 15.5 Å². The van der Waals surface area contributed by atoms with Crippen LogP contribution in [0.2, 0.25) is 5.02 Å². The first-order valence-electron chi connectivity index (χ1n) is 10.2. The molecule has 0 bridgehead atoms. The molecule has 0 aliphatic carbocycles. The Hall–Kier alpha value is -4.48.